The van der Waals surface area contributed by atoms with Crippen LogP contribution in [0.4, 0.5) is 4.39 Å². The average Bonchev–Trinajstić information content (AvgIpc) is 2.59. The van der Waals surface area contributed by atoms with Crippen molar-refractivity contribution in [3.8, 4) is 11.3 Å². The number of rotatable bonds is 2. The van der Waals surface area contributed by atoms with Crippen molar-refractivity contribution in [1.29, 1.82) is 0 Å². The predicted octanol–water partition coefficient (Wildman–Crippen LogP) is 3.75. The van der Waals surface area contributed by atoms with Gasteiger partial charge in [0, 0.05) is 0 Å². The van der Waals surface area contributed by atoms with Crippen LogP contribution in [0.15, 0.2) is 18.2 Å². The van der Waals surface area contributed by atoms with Crippen molar-refractivity contribution in [2.24, 2.45) is 0 Å². The van der Waals surface area contributed by atoms with Crippen LogP contribution in [0.5, 0.6) is 0 Å². The molecule has 6 heteroatoms. The van der Waals surface area contributed by atoms with Crippen molar-refractivity contribution < 1.29 is 9.50 Å². The van der Waals surface area contributed by atoms with Crippen LogP contribution in [0.2, 0.25) is 9.49 Å². The van der Waals surface area contributed by atoms with Gasteiger partial charge in [-0.15, -0.1) is 11.3 Å². The van der Waals surface area contributed by atoms with Gasteiger partial charge >= 0.3 is 0 Å². The summed E-state index contributed by atoms with van der Waals surface area (Å²) in [5.41, 5.74) is 0.483. The third-order valence-electron chi connectivity index (χ3n) is 2.01. The van der Waals surface area contributed by atoms with Crippen LogP contribution in [0.3, 0.4) is 0 Å². The number of thiazole rings is 1. The van der Waals surface area contributed by atoms with Crippen LogP contribution < -0.4 is 0 Å². The molecule has 0 saturated carbocycles. The molecule has 0 saturated heterocycles. The zero-order valence-corrected chi connectivity index (χ0v) is 10.2. The van der Waals surface area contributed by atoms with Crippen molar-refractivity contribution in [1.82, 2.24) is 4.98 Å². The molecule has 0 radical (unpaired) electrons. The Balaban J connectivity index is 2.66. The molecule has 2 rings (SSSR count). The number of aromatic nitrogens is 1. The van der Waals surface area contributed by atoms with E-state index in [0.29, 0.717) is 10.6 Å². The fourth-order valence-electron chi connectivity index (χ4n) is 1.35. The summed E-state index contributed by atoms with van der Waals surface area (Å²) in [6, 6.07) is 4.36. The van der Waals surface area contributed by atoms with Crippen LogP contribution in [0.1, 0.15) is 4.88 Å². The third kappa shape index (κ3) is 2.06. The van der Waals surface area contributed by atoms with Gasteiger partial charge in [-0.1, -0.05) is 29.3 Å². The summed E-state index contributed by atoms with van der Waals surface area (Å²) in [4.78, 5) is 4.47. The van der Waals surface area contributed by atoms with E-state index in [9.17, 15) is 4.39 Å². The van der Waals surface area contributed by atoms with Gasteiger partial charge in [0.25, 0.3) is 0 Å². The minimum atomic E-state index is -0.482. The predicted molar refractivity (Wildman–Crippen MR) is 63.5 cm³/mol. The topological polar surface area (TPSA) is 33.1 Å². The fourth-order valence-corrected chi connectivity index (χ4v) is 2.62. The maximum absolute atomic E-state index is 13.6. The average molecular weight is 278 g/mol. The minimum absolute atomic E-state index is 0.177. The highest BCUT2D eigenvalue weighted by Gasteiger charge is 2.17. The summed E-state index contributed by atoms with van der Waals surface area (Å²) in [6.07, 6.45) is 0. The van der Waals surface area contributed by atoms with Crippen LogP contribution in [-0.2, 0) is 6.61 Å². The second-order valence-electron chi connectivity index (χ2n) is 2.99. The Morgan fingerprint density at radius 3 is 2.75 bits per heavy atom. The van der Waals surface area contributed by atoms with E-state index in [1.54, 1.807) is 6.07 Å². The molecule has 0 spiro atoms. The summed E-state index contributed by atoms with van der Waals surface area (Å²) in [5.74, 6) is -0.482. The van der Waals surface area contributed by atoms with Gasteiger partial charge in [-0.25, -0.2) is 9.37 Å². The Hall–Kier alpha value is -0.680. The first-order chi connectivity index (χ1) is 7.63. The van der Waals surface area contributed by atoms with Crippen LogP contribution in [-0.4, -0.2) is 10.1 Å². The Morgan fingerprint density at radius 2 is 2.12 bits per heavy atom. The van der Waals surface area contributed by atoms with Crippen LogP contribution in [0, 0.1) is 5.82 Å². The molecule has 84 valence electrons. The molecule has 1 aromatic carbocycles. The molecule has 0 fully saturated rings. The van der Waals surface area contributed by atoms with E-state index in [-0.39, 0.29) is 21.7 Å². The van der Waals surface area contributed by atoms with Gasteiger partial charge in [0.15, 0.2) is 4.47 Å². The molecule has 0 aliphatic rings. The molecule has 0 aliphatic carbocycles. The molecule has 0 atom stereocenters. The number of halogens is 3. The van der Waals surface area contributed by atoms with Gasteiger partial charge < -0.3 is 5.11 Å². The lowest BCUT2D eigenvalue weighted by Crippen LogP contribution is -1.90. The lowest BCUT2D eigenvalue weighted by Gasteiger charge is -2.04. The first-order valence-corrected chi connectivity index (χ1v) is 5.91. The van der Waals surface area contributed by atoms with Gasteiger partial charge in [-0.2, -0.15) is 0 Å². The molecule has 16 heavy (non-hydrogen) atoms. The molecule has 1 aromatic heterocycles. The Labute approximate surface area is 105 Å². The maximum Gasteiger partial charge on any atom is 0.184 e. The minimum Gasteiger partial charge on any atom is -0.391 e. The van der Waals surface area contributed by atoms with E-state index in [0.717, 1.165) is 11.3 Å². The zero-order valence-electron chi connectivity index (χ0n) is 7.88. The summed E-state index contributed by atoms with van der Waals surface area (Å²) >= 11 is 12.7. The SMILES string of the molecule is OCc1sc(Cl)nc1-c1c(F)cccc1Cl. The molecule has 0 unspecified atom stereocenters. The molecular weight excluding hydrogens is 272 g/mol. The molecule has 2 nitrogen and oxygen atoms in total. The number of benzene rings is 1. The second-order valence-corrected chi connectivity index (χ2v) is 5.07. The Bertz CT molecular complexity index is 509. The molecule has 1 N–H and O–H groups in total. The molecule has 1 heterocycles. The highest BCUT2D eigenvalue weighted by Crippen LogP contribution is 2.36. The first-order valence-electron chi connectivity index (χ1n) is 4.34. The smallest absolute Gasteiger partial charge is 0.184 e. The number of nitrogens with zero attached hydrogens (tertiary/aromatic N) is 1. The Kier molecular flexibility index (Phi) is 3.44. The number of aliphatic hydroxyl groups is 1. The second kappa shape index (κ2) is 4.67. The normalized spacial score (nSPS) is 10.8. The highest BCUT2D eigenvalue weighted by atomic mass is 35.5. The van der Waals surface area contributed by atoms with Gasteiger partial charge in [0.2, 0.25) is 0 Å². The third-order valence-corrected chi connectivity index (χ3v) is 3.47. The van der Waals surface area contributed by atoms with E-state index in [4.69, 9.17) is 28.3 Å². The van der Waals surface area contributed by atoms with Crippen molar-refractivity contribution in [3.05, 3.63) is 38.4 Å². The summed E-state index contributed by atoms with van der Waals surface area (Å²) in [6.45, 7) is -0.246. The van der Waals surface area contributed by atoms with Crippen molar-refractivity contribution >= 4 is 34.5 Å². The quantitative estimate of drug-likeness (QED) is 0.907. The van der Waals surface area contributed by atoms with E-state index in [1.807, 2.05) is 0 Å². The van der Waals surface area contributed by atoms with Crippen LogP contribution in [0.25, 0.3) is 11.3 Å². The van der Waals surface area contributed by atoms with Crippen molar-refractivity contribution in [2.45, 2.75) is 6.61 Å². The largest absolute Gasteiger partial charge is 0.391 e. The maximum atomic E-state index is 13.6. The fraction of sp³-hybridized carbons (Fsp3) is 0.100. The lowest BCUT2D eigenvalue weighted by atomic mass is 10.1. The van der Waals surface area contributed by atoms with Gasteiger partial charge in [-0.05, 0) is 12.1 Å². The number of hydrogen-bond acceptors (Lipinski definition) is 3. The Morgan fingerprint density at radius 1 is 1.38 bits per heavy atom. The number of hydrogen-bond donors (Lipinski definition) is 1. The summed E-state index contributed by atoms with van der Waals surface area (Å²) < 4.78 is 13.9. The molecule has 2 aromatic rings. The van der Waals surface area contributed by atoms with Gasteiger partial charge in [0.1, 0.15) is 5.82 Å². The first kappa shape index (κ1) is 11.8. The monoisotopic (exact) mass is 277 g/mol. The molecule has 0 bridgehead atoms. The highest BCUT2D eigenvalue weighted by molar-refractivity contribution is 7.16. The van der Waals surface area contributed by atoms with Gasteiger partial charge in [-0.3, -0.25) is 0 Å². The van der Waals surface area contributed by atoms with E-state index < -0.39 is 5.82 Å². The molecular formula is C10H6Cl2FNOS. The van der Waals surface area contributed by atoms with Crippen molar-refractivity contribution in [2.75, 3.05) is 0 Å². The summed E-state index contributed by atoms with van der Waals surface area (Å²) in [7, 11) is 0. The van der Waals surface area contributed by atoms with Crippen molar-refractivity contribution in [3.63, 3.8) is 0 Å². The zero-order chi connectivity index (χ0) is 11.7. The number of aliphatic hydroxyl groups excluding tert-OH is 1. The van der Waals surface area contributed by atoms with E-state index in [1.165, 1.54) is 12.1 Å². The lowest BCUT2D eigenvalue weighted by molar-refractivity contribution is 0.286. The van der Waals surface area contributed by atoms with E-state index >= 15 is 0 Å². The molecule has 0 aliphatic heterocycles. The van der Waals surface area contributed by atoms with Gasteiger partial charge in [0.05, 0.1) is 27.8 Å². The standard InChI is InChI=1S/C10H6Cl2FNOS/c11-5-2-1-3-6(13)8(5)9-7(4-15)16-10(12)14-9/h1-3,15H,4H2. The van der Waals surface area contributed by atoms with Crippen LogP contribution >= 0.6 is 34.5 Å². The summed E-state index contributed by atoms with van der Waals surface area (Å²) in [5, 5.41) is 9.37. The van der Waals surface area contributed by atoms with E-state index in [2.05, 4.69) is 4.98 Å². The molecule has 0 amide bonds.